The highest BCUT2D eigenvalue weighted by atomic mass is 32.2. The summed E-state index contributed by atoms with van der Waals surface area (Å²) < 4.78 is 0. The predicted octanol–water partition coefficient (Wildman–Crippen LogP) is 9.93. The Labute approximate surface area is 245 Å². The lowest BCUT2D eigenvalue weighted by Crippen LogP contribution is -1.95. The van der Waals surface area contributed by atoms with Crippen LogP contribution in [0.4, 0.5) is 0 Å². The average molecular weight is 551 g/mol. The fourth-order valence-electron chi connectivity index (χ4n) is 5.42. The molecule has 0 fully saturated rings. The maximum absolute atomic E-state index is 10.8. The summed E-state index contributed by atoms with van der Waals surface area (Å²) in [5, 5.41) is 11.7. The molecule has 0 aliphatic carbocycles. The minimum Gasteiger partial charge on any atom is -0.507 e. The molecule has 0 radical (unpaired) electrons. The lowest BCUT2D eigenvalue weighted by atomic mass is 9.91. The molecule has 41 heavy (non-hydrogen) atoms. The molecule has 4 heteroatoms. The largest absolute Gasteiger partial charge is 0.507 e. The van der Waals surface area contributed by atoms with Crippen LogP contribution in [-0.2, 0) is 0 Å². The molecule has 0 spiro atoms. The van der Waals surface area contributed by atoms with Gasteiger partial charge in [-0.3, -0.25) is 0 Å². The van der Waals surface area contributed by atoms with Gasteiger partial charge in [0.2, 0.25) is 0 Å². The highest BCUT2D eigenvalue weighted by Crippen LogP contribution is 2.39. The molecular formula is C37H30N2OS. The molecule has 2 heterocycles. The number of aromatic nitrogens is 2. The Bertz CT molecular complexity index is 1830. The first kappa shape index (κ1) is 26.5. The fraction of sp³-hybridized carbons (Fsp3) is 0.0811. The molecular weight excluding hydrogens is 520 g/mol. The van der Waals surface area contributed by atoms with Crippen LogP contribution in [0.5, 0.6) is 5.75 Å². The van der Waals surface area contributed by atoms with Crippen LogP contribution in [0.1, 0.15) is 16.7 Å². The summed E-state index contributed by atoms with van der Waals surface area (Å²) in [6.07, 6.45) is 1.82. The number of pyridine rings is 2. The van der Waals surface area contributed by atoms with Crippen molar-refractivity contribution in [3.05, 3.63) is 138 Å². The van der Waals surface area contributed by atoms with Gasteiger partial charge in [-0.15, -0.1) is 0 Å². The van der Waals surface area contributed by atoms with E-state index in [2.05, 4.69) is 92.5 Å². The third kappa shape index (κ3) is 5.79. The number of phenolic OH excluding ortho intramolecular Hbond substituents is 1. The van der Waals surface area contributed by atoms with Crippen LogP contribution >= 0.6 is 11.8 Å². The van der Waals surface area contributed by atoms with Crippen molar-refractivity contribution in [2.24, 2.45) is 0 Å². The van der Waals surface area contributed by atoms with Gasteiger partial charge in [-0.1, -0.05) is 78.0 Å². The van der Waals surface area contributed by atoms with Crippen LogP contribution < -0.4 is 0 Å². The van der Waals surface area contributed by atoms with E-state index in [1.807, 2.05) is 48.7 Å². The van der Waals surface area contributed by atoms with Crippen molar-refractivity contribution >= 4 is 11.8 Å². The number of aryl methyl sites for hydroxylation is 3. The minimum atomic E-state index is 0.213. The van der Waals surface area contributed by atoms with Gasteiger partial charge in [-0.05, 0) is 109 Å². The SMILES string of the molecule is Cc1cc(C)c(-c2cc(-c3cc(Sc4ccccn4)cc(-c4ccccc4)c3)nc(-c3ccccc3O)c2)c(C)c1. The Hall–Kier alpha value is -4.67. The molecule has 0 saturated carbocycles. The summed E-state index contributed by atoms with van der Waals surface area (Å²) in [4.78, 5) is 10.8. The van der Waals surface area contributed by atoms with Crippen molar-refractivity contribution in [1.82, 2.24) is 9.97 Å². The zero-order chi connectivity index (χ0) is 28.3. The van der Waals surface area contributed by atoms with E-state index in [0.29, 0.717) is 5.56 Å². The van der Waals surface area contributed by atoms with Crippen LogP contribution in [0, 0.1) is 20.8 Å². The van der Waals surface area contributed by atoms with Gasteiger partial charge in [-0.2, -0.15) is 0 Å². The standard InChI is InChI=1S/C37H30N2OS/c1-24-17-25(2)37(26(3)18-24)30-22-33(39-34(23-30)32-13-7-8-14-35(32)40)29-19-28(27-11-5-4-6-12-27)20-31(21-29)41-36-15-9-10-16-38-36/h4-23,40H,1-3H3. The van der Waals surface area contributed by atoms with Crippen molar-refractivity contribution < 1.29 is 5.11 Å². The van der Waals surface area contributed by atoms with E-state index >= 15 is 0 Å². The number of nitrogens with zero attached hydrogens (tertiary/aromatic N) is 2. The van der Waals surface area contributed by atoms with Gasteiger partial charge in [-0.25, -0.2) is 9.97 Å². The molecule has 6 rings (SSSR count). The molecule has 3 nitrogen and oxygen atoms in total. The Morgan fingerprint density at radius 3 is 2.00 bits per heavy atom. The number of rotatable bonds is 6. The Balaban J connectivity index is 1.58. The molecule has 0 aliphatic rings. The van der Waals surface area contributed by atoms with Crippen molar-refractivity contribution in [1.29, 1.82) is 0 Å². The van der Waals surface area contributed by atoms with E-state index in [1.54, 1.807) is 17.8 Å². The van der Waals surface area contributed by atoms with Crippen molar-refractivity contribution in [2.75, 3.05) is 0 Å². The van der Waals surface area contributed by atoms with Crippen LogP contribution in [0.3, 0.4) is 0 Å². The predicted molar refractivity (Wildman–Crippen MR) is 170 cm³/mol. The van der Waals surface area contributed by atoms with Gasteiger partial charge < -0.3 is 5.11 Å². The summed E-state index contributed by atoms with van der Waals surface area (Å²) in [5.41, 5.74) is 11.5. The van der Waals surface area contributed by atoms with E-state index < -0.39 is 0 Å². The maximum atomic E-state index is 10.8. The highest BCUT2D eigenvalue weighted by molar-refractivity contribution is 7.99. The van der Waals surface area contributed by atoms with E-state index in [4.69, 9.17) is 4.98 Å². The monoisotopic (exact) mass is 550 g/mol. The van der Waals surface area contributed by atoms with E-state index in [1.165, 1.54) is 22.3 Å². The topological polar surface area (TPSA) is 46.0 Å². The summed E-state index contributed by atoms with van der Waals surface area (Å²) in [6.45, 7) is 6.45. The second kappa shape index (κ2) is 11.4. The molecule has 0 aliphatic heterocycles. The van der Waals surface area contributed by atoms with Crippen LogP contribution in [0.15, 0.2) is 131 Å². The number of phenols is 1. The maximum Gasteiger partial charge on any atom is 0.124 e. The lowest BCUT2D eigenvalue weighted by Gasteiger charge is -2.16. The first-order chi connectivity index (χ1) is 19.9. The van der Waals surface area contributed by atoms with Gasteiger partial charge in [0.25, 0.3) is 0 Å². The van der Waals surface area contributed by atoms with Crippen molar-refractivity contribution in [3.63, 3.8) is 0 Å². The molecule has 2 aromatic heterocycles. The number of hydrogen-bond acceptors (Lipinski definition) is 4. The molecule has 6 aromatic rings. The molecule has 200 valence electrons. The summed E-state index contributed by atoms with van der Waals surface area (Å²) >= 11 is 1.64. The molecule has 4 aromatic carbocycles. The molecule has 0 saturated heterocycles. The molecule has 1 N–H and O–H groups in total. The normalized spacial score (nSPS) is 11.0. The summed E-state index contributed by atoms with van der Waals surface area (Å²) in [7, 11) is 0. The zero-order valence-corrected chi connectivity index (χ0v) is 24.1. The Kier molecular flexibility index (Phi) is 7.41. The summed E-state index contributed by atoms with van der Waals surface area (Å²) in [6, 6.07) is 39.1. The van der Waals surface area contributed by atoms with Gasteiger partial charge in [0.15, 0.2) is 0 Å². The van der Waals surface area contributed by atoms with Gasteiger partial charge in [0.05, 0.1) is 11.4 Å². The van der Waals surface area contributed by atoms with Crippen molar-refractivity contribution in [2.45, 2.75) is 30.7 Å². The van der Waals surface area contributed by atoms with Gasteiger partial charge >= 0.3 is 0 Å². The lowest BCUT2D eigenvalue weighted by molar-refractivity contribution is 0.477. The van der Waals surface area contributed by atoms with E-state index in [0.717, 1.165) is 43.6 Å². The molecule has 0 bridgehead atoms. The first-order valence-corrected chi connectivity index (χ1v) is 14.4. The van der Waals surface area contributed by atoms with Crippen molar-refractivity contribution in [3.8, 4) is 50.5 Å². The second-order valence-corrected chi connectivity index (χ2v) is 11.4. The van der Waals surface area contributed by atoms with Crippen LogP contribution in [0.2, 0.25) is 0 Å². The third-order valence-electron chi connectivity index (χ3n) is 7.14. The minimum absolute atomic E-state index is 0.213. The third-order valence-corrected chi connectivity index (χ3v) is 8.06. The number of benzene rings is 4. The van der Waals surface area contributed by atoms with Crippen LogP contribution in [0.25, 0.3) is 44.8 Å². The first-order valence-electron chi connectivity index (χ1n) is 13.6. The number of para-hydroxylation sites is 1. The molecule has 0 atom stereocenters. The zero-order valence-electron chi connectivity index (χ0n) is 23.3. The highest BCUT2D eigenvalue weighted by Gasteiger charge is 2.16. The number of aromatic hydroxyl groups is 1. The Morgan fingerprint density at radius 1 is 0.585 bits per heavy atom. The second-order valence-electron chi connectivity index (χ2n) is 10.3. The summed E-state index contributed by atoms with van der Waals surface area (Å²) in [5.74, 6) is 0.213. The number of hydrogen-bond donors (Lipinski definition) is 1. The molecule has 0 amide bonds. The molecule has 0 unspecified atom stereocenters. The Morgan fingerprint density at radius 2 is 1.27 bits per heavy atom. The fourth-order valence-corrected chi connectivity index (χ4v) is 6.29. The quantitative estimate of drug-likeness (QED) is 0.224. The van der Waals surface area contributed by atoms with E-state index in [9.17, 15) is 5.11 Å². The van der Waals surface area contributed by atoms with Crippen LogP contribution in [-0.4, -0.2) is 15.1 Å². The van der Waals surface area contributed by atoms with Gasteiger partial charge in [0.1, 0.15) is 10.8 Å². The smallest absolute Gasteiger partial charge is 0.124 e. The average Bonchev–Trinajstić information content (AvgIpc) is 2.97. The van der Waals surface area contributed by atoms with Gasteiger partial charge in [0, 0.05) is 22.2 Å². The van der Waals surface area contributed by atoms with E-state index in [-0.39, 0.29) is 5.75 Å².